The Bertz CT molecular complexity index is 612. The van der Waals surface area contributed by atoms with Crippen LogP contribution in [0.1, 0.15) is 18.1 Å². The predicted octanol–water partition coefficient (Wildman–Crippen LogP) is 4.53. The van der Waals surface area contributed by atoms with Crippen molar-refractivity contribution in [3.05, 3.63) is 68.2 Å². The maximum absolute atomic E-state index is 10.9. The highest BCUT2D eigenvalue weighted by Gasteiger charge is 2.11. The fourth-order valence-corrected chi connectivity index (χ4v) is 2.26. The molecule has 0 saturated carbocycles. The molecule has 4 nitrogen and oxygen atoms in total. The Hall–Kier alpha value is -1.88. The summed E-state index contributed by atoms with van der Waals surface area (Å²) in [6.45, 7) is 2.67. The van der Waals surface area contributed by atoms with E-state index in [9.17, 15) is 10.1 Å². The zero-order valence-electron chi connectivity index (χ0n) is 11.1. The van der Waals surface area contributed by atoms with Gasteiger partial charge < -0.3 is 5.32 Å². The first-order valence-electron chi connectivity index (χ1n) is 6.35. The first-order chi connectivity index (χ1) is 9.60. The van der Waals surface area contributed by atoms with Gasteiger partial charge in [0.25, 0.3) is 5.69 Å². The summed E-state index contributed by atoms with van der Waals surface area (Å²) in [5, 5.41) is 14.1. The summed E-state index contributed by atoms with van der Waals surface area (Å²) in [4.78, 5) is 10.5. The van der Waals surface area contributed by atoms with Crippen LogP contribution in [-0.2, 0) is 13.0 Å². The van der Waals surface area contributed by atoms with E-state index in [2.05, 4.69) is 40.3 Å². The molecule has 1 N–H and O–H groups in total. The van der Waals surface area contributed by atoms with Gasteiger partial charge in [0.05, 0.1) is 9.40 Å². The third kappa shape index (κ3) is 3.57. The van der Waals surface area contributed by atoms with Crippen molar-refractivity contribution in [2.45, 2.75) is 19.9 Å². The Kier molecular flexibility index (Phi) is 4.74. The van der Waals surface area contributed by atoms with Crippen molar-refractivity contribution in [1.82, 2.24) is 0 Å². The van der Waals surface area contributed by atoms with Crippen LogP contribution in [-0.4, -0.2) is 4.92 Å². The van der Waals surface area contributed by atoms with Crippen LogP contribution in [0.4, 0.5) is 11.4 Å². The van der Waals surface area contributed by atoms with E-state index in [0.29, 0.717) is 11.0 Å². The van der Waals surface area contributed by atoms with Crippen LogP contribution < -0.4 is 5.32 Å². The molecule has 0 aliphatic carbocycles. The fourth-order valence-electron chi connectivity index (χ4n) is 1.87. The molecule has 0 aromatic heterocycles. The Morgan fingerprint density at radius 3 is 2.40 bits per heavy atom. The summed E-state index contributed by atoms with van der Waals surface area (Å²) in [6.07, 6.45) is 1.01. The lowest BCUT2D eigenvalue weighted by Crippen LogP contribution is -2.00. The van der Waals surface area contributed by atoms with Crippen LogP contribution in [0.25, 0.3) is 0 Å². The number of aryl methyl sites for hydroxylation is 1. The molecule has 0 atom stereocenters. The Balaban J connectivity index is 2.06. The Labute approximate surface area is 126 Å². The summed E-state index contributed by atoms with van der Waals surface area (Å²) in [5.74, 6) is 0. The third-order valence-electron chi connectivity index (χ3n) is 3.07. The van der Waals surface area contributed by atoms with E-state index < -0.39 is 0 Å². The third-order valence-corrected chi connectivity index (χ3v) is 3.74. The van der Waals surface area contributed by atoms with Crippen LogP contribution in [0, 0.1) is 10.1 Å². The van der Waals surface area contributed by atoms with Crippen LogP contribution in [0.5, 0.6) is 0 Å². The molecular weight excluding hydrogens is 320 g/mol. The molecule has 0 aliphatic heterocycles. The smallest absolute Gasteiger partial charge is 0.283 e. The number of nitrogens with zero attached hydrogens (tertiary/aromatic N) is 1. The van der Waals surface area contributed by atoms with E-state index in [4.69, 9.17) is 0 Å². The highest BCUT2D eigenvalue weighted by atomic mass is 79.9. The van der Waals surface area contributed by atoms with Crippen molar-refractivity contribution >= 4 is 27.3 Å². The number of anilines is 1. The fraction of sp³-hybridized carbons (Fsp3) is 0.200. The van der Waals surface area contributed by atoms with Gasteiger partial charge >= 0.3 is 0 Å². The van der Waals surface area contributed by atoms with Gasteiger partial charge in [-0.05, 0) is 51.7 Å². The SMILES string of the molecule is CCc1ccc(NCc2ccc(Br)c([N+](=O)[O-])c2)cc1. The molecule has 0 radical (unpaired) electrons. The lowest BCUT2D eigenvalue weighted by Gasteiger charge is -2.07. The predicted molar refractivity (Wildman–Crippen MR) is 83.9 cm³/mol. The largest absolute Gasteiger partial charge is 0.381 e. The van der Waals surface area contributed by atoms with Crippen LogP contribution in [0.15, 0.2) is 46.9 Å². The average molecular weight is 335 g/mol. The minimum atomic E-state index is -0.385. The molecule has 0 aliphatic rings. The van der Waals surface area contributed by atoms with E-state index in [1.165, 1.54) is 5.56 Å². The van der Waals surface area contributed by atoms with E-state index in [0.717, 1.165) is 17.7 Å². The molecule has 0 bridgehead atoms. The number of hydrogen-bond donors (Lipinski definition) is 1. The molecule has 2 rings (SSSR count). The molecule has 0 amide bonds. The molecule has 0 spiro atoms. The number of hydrogen-bond acceptors (Lipinski definition) is 3. The van der Waals surface area contributed by atoms with Gasteiger partial charge in [-0.3, -0.25) is 10.1 Å². The van der Waals surface area contributed by atoms with Crippen molar-refractivity contribution in [3.8, 4) is 0 Å². The van der Waals surface area contributed by atoms with E-state index in [-0.39, 0.29) is 10.6 Å². The quantitative estimate of drug-likeness (QED) is 0.645. The lowest BCUT2D eigenvalue weighted by molar-refractivity contribution is -0.385. The van der Waals surface area contributed by atoms with Crippen molar-refractivity contribution in [3.63, 3.8) is 0 Å². The van der Waals surface area contributed by atoms with Gasteiger partial charge in [-0.2, -0.15) is 0 Å². The topological polar surface area (TPSA) is 55.2 Å². The number of nitro groups is 1. The van der Waals surface area contributed by atoms with Crippen molar-refractivity contribution in [2.24, 2.45) is 0 Å². The number of nitro benzene ring substituents is 1. The second-order valence-corrected chi connectivity index (χ2v) is 5.30. The summed E-state index contributed by atoms with van der Waals surface area (Å²) < 4.78 is 0.499. The number of nitrogens with one attached hydrogen (secondary N) is 1. The van der Waals surface area contributed by atoms with Crippen molar-refractivity contribution in [1.29, 1.82) is 0 Å². The molecule has 104 valence electrons. The normalized spacial score (nSPS) is 10.3. The Morgan fingerprint density at radius 2 is 1.80 bits per heavy atom. The molecule has 0 fully saturated rings. The van der Waals surface area contributed by atoms with Gasteiger partial charge in [0, 0.05) is 18.3 Å². The first kappa shape index (κ1) is 14.5. The molecule has 2 aromatic rings. The standard InChI is InChI=1S/C15H15BrN2O2/c1-2-11-3-6-13(7-4-11)17-10-12-5-8-14(16)15(9-12)18(19)20/h3-9,17H,2,10H2,1H3. The maximum atomic E-state index is 10.9. The highest BCUT2D eigenvalue weighted by molar-refractivity contribution is 9.10. The summed E-state index contributed by atoms with van der Waals surface area (Å²) in [5.41, 5.74) is 3.26. The van der Waals surface area contributed by atoms with Gasteiger partial charge in [-0.1, -0.05) is 25.1 Å². The number of benzene rings is 2. The monoisotopic (exact) mass is 334 g/mol. The molecule has 2 aromatic carbocycles. The lowest BCUT2D eigenvalue weighted by atomic mass is 10.1. The second kappa shape index (κ2) is 6.52. The van der Waals surface area contributed by atoms with Gasteiger partial charge in [-0.15, -0.1) is 0 Å². The minimum Gasteiger partial charge on any atom is -0.381 e. The van der Waals surface area contributed by atoms with Gasteiger partial charge in [0.15, 0.2) is 0 Å². The second-order valence-electron chi connectivity index (χ2n) is 4.45. The number of rotatable bonds is 5. The molecule has 0 heterocycles. The van der Waals surface area contributed by atoms with E-state index in [1.807, 2.05) is 18.2 Å². The highest BCUT2D eigenvalue weighted by Crippen LogP contribution is 2.26. The summed E-state index contributed by atoms with van der Waals surface area (Å²) in [6, 6.07) is 13.3. The van der Waals surface area contributed by atoms with Crippen LogP contribution in [0.3, 0.4) is 0 Å². The summed E-state index contributed by atoms with van der Waals surface area (Å²) in [7, 11) is 0. The van der Waals surface area contributed by atoms with Crippen molar-refractivity contribution in [2.75, 3.05) is 5.32 Å². The molecule has 0 unspecified atom stereocenters. The molecule has 20 heavy (non-hydrogen) atoms. The minimum absolute atomic E-state index is 0.0885. The average Bonchev–Trinajstić information content (AvgIpc) is 2.46. The Morgan fingerprint density at radius 1 is 1.15 bits per heavy atom. The molecule has 5 heteroatoms. The maximum Gasteiger partial charge on any atom is 0.283 e. The van der Waals surface area contributed by atoms with Gasteiger partial charge in [0.1, 0.15) is 0 Å². The van der Waals surface area contributed by atoms with Crippen molar-refractivity contribution < 1.29 is 4.92 Å². The van der Waals surface area contributed by atoms with E-state index >= 15 is 0 Å². The molecule has 0 saturated heterocycles. The molecular formula is C15H15BrN2O2. The van der Waals surface area contributed by atoms with Gasteiger partial charge in [-0.25, -0.2) is 0 Å². The zero-order chi connectivity index (χ0) is 14.5. The van der Waals surface area contributed by atoms with Gasteiger partial charge in [0.2, 0.25) is 0 Å². The zero-order valence-corrected chi connectivity index (χ0v) is 12.7. The number of halogens is 1. The van der Waals surface area contributed by atoms with Crippen LogP contribution in [0.2, 0.25) is 0 Å². The summed E-state index contributed by atoms with van der Waals surface area (Å²) >= 11 is 3.18. The first-order valence-corrected chi connectivity index (χ1v) is 7.15. The van der Waals surface area contributed by atoms with E-state index in [1.54, 1.807) is 12.1 Å². The van der Waals surface area contributed by atoms with Crippen LogP contribution >= 0.6 is 15.9 Å².